The lowest BCUT2D eigenvalue weighted by Gasteiger charge is -2.34. The van der Waals surface area contributed by atoms with Crippen molar-refractivity contribution in [2.75, 3.05) is 48.8 Å². The number of hydrogen-bond donors (Lipinski definition) is 2. The Morgan fingerprint density at radius 2 is 1.63 bits per heavy atom. The lowest BCUT2D eigenvalue weighted by Crippen LogP contribution is -2.44. The van der Waals surface area contributed by atoms with E-state index in [-0.39, 0.29) is 5.91 Å². The van der Waals surface area contributed by atoms with Crippen LogP contribution in [-0.4, -0.2) is 54.2 Å². The molecule has 1 saturated heterocycles. The fourth-order valence-corrected chi connectivity index (χ4v) is 3.00. The fourth-order valence-electron chi connectivity index (χ4n) is 3.00. The summed E-state index contributed by atoms with van der Waals surface area (Å²) in [6.07, 6.45) is 0.474. The third kappa shape index (κ3) is 5.65. The molecular weight excluding hydrogens is 340 g/mol. The Morgan fingerprint density at radius 1 is 1.00 bits per heavy atom. The van der Waals surface area contributed by atoms with E-state index < -0.39 is 0 Å². The summed E-state index contributed by atoms with van der Waals surface area (Å²) in [4.78, 5) is 16.5. The minimum absolute atomic E-state index is 0.0421. The first-order chi connectivity index (χ1) is 13.0. The summed E-state index contributed by atoms with van der Waals surface area (Å²) in [5.74, 6) is 1.38. The Labute approximate surface area is 160 Å². The molecule has 2 N–H and O–H groups in total. The van der Waals surface area contributed by atoms with Crippen LogP contribution in [0.4, 0.5) is 23.0 Å². The molecule has 1 aliphatic heterocycles. The topological polar surface area (TPSA) is 73.4 Å². The largest absolute Gasteiger partial charge is 0.369 e. The van der Waals surface area contributed by atoms with E-state index in [9.17, 15) is 4.79 Å². The molecule has 0 bridgehead atoms. The van der Waals surface area contributed by atoms with Crippen LogP contribution in [0.1, 0.15) is 20.3 Å². The molecule has 0 aliphatic carbocycles. The van der Waals surface area contributed by atoms with Gasteiger partial charge >= 0.3 is 0 Å². The number of likely N-dealkylation sites (N-methyl/N-ethyl adjacent to an activating group) is 1. The molecule has 144 valence electrons. The van der Waals surface area contributed by atoms with Gasteiger partial charge in [0.05, 0.1) is 0 Å². The number of rotatable bonds is 6. The molecule has 7 nitrogen and oxygen atoms in total. The molecule has 0 radical (unpaired) electrons. The molecule has 1 aromatic heterocycles. The van der Waals surface area contributed by atoms with Crippen LogP contribution in [0.5, 0.6) is 0 Å². The maximum absolute atomic E-state index is 11.8. The van der Waals surface area contributed by atoms with Gasteiger partial charge < -0.3 is 20.4 Å². The summed E-state index contributed by atoms with van der Waals surface area (Å²) in [7, 11) is 2.16. The van der Waals surface area contributed by atoms with Crippen LogP contribution >= 0.6 is 0 Å². The van der Waals surface area contributed by atoms with Crippen molar-refractivity contribution in [1.82, 2.24) is 15.1 Å². The van der Waals surface area contributed by atoms with E-state index >= 15 is 0 Å². The minimum atomic E-state index is -0.0421. The molecule has 0 unspecified atom stereocenters. The van der Waals surface area contributed by atoms with Crippen molar-refractivity contribution in [3.63, 3.8) is 0 Å². The Morgan fingerprint density at radius 3 is 2.22 bits per heavy atom. The number of nitrogens with zero attached hydrogens (tertiary/aromatic N) is 4. The number of carbonyl (C=O) groups is 1. The van der Waals surface area contributed by atoms with Gasteiger partial charge in [0.2, 0.25) is 5.91 Å². The number of benzene rings is 1. The summed E-state index contributed by atoms with van der Waals surface area (Å²) >= 11 is 0. The van der Waals surface area contributed by atoms with Crippen molar-refractivity contribution in [2.45, 2.75) is 20.3 Å². The molecule has 2 heterocycles. The van der Waals surface area contributed by atoms with E-state index in [0.29, 0.717) is 24.0 Å². The van der Waals surface area contributed by atoms with E-state index in [0.717, 1.165) is 31.9 Å². The SMILES string of the molecule is CC(C)CC(=O)Nc1ccc(Nc2ccc(N3CCN(C)CC3)cc2)nn1. The van der Waals surface area contributed by atoms with E-state index in [1.807, 2.05) is 32.0 Å². The lowest BCUT2D eigenvalue weighted by molar-refractivity contribution is -0.116. The maximum atomic E-state index is 11.8. The van der Waals surface area contributed by atoms with Crippen molar-refractivity contribution >= 4 is 28.9 Å². The Kier molecular flexibility index (Phi) is 6.24. The normalized spacial score (nSPS) is 15.0. The second-order valence-corrected chi connectivity index (χ2v) is 7.41. The zero-order chi connectivity index (χ0) is 19.2. The average molecular weight is 368 g/mol. The van der Waals surface area contributed by atoms with E-state index in [1.54, 1.807) is 6.07 Å². The Bertz CT molecular complexity index is 736. The molecule has 0 atom stereocenters. The van der Waals surface area contributed by atoms with Gasteiger partial charge in [0, 0.05) is 44.0 Å². The van der Waals surface area contributed by atoms with Crippen molar-refractivity contribution in [3.8, 4) is 0 Å². The van der Waals surface area contributed by atoms with Crippen LogP contribution in [0.25, 0.3) is 0 Å². The standard InChI is InChI=1S/C20H28N6O/c1-15(2)14-20(27)22-19-9-8-18(23-24-19)21-16-4-6-17(7-5-16)26-12-10-25(3)11-13-26/h4-9,15H,10-14H2,1-3H3,(H,21,23)(H,22,24,27). The first-order valence-electron chi connectivity index (χ1n) is 9.44. The molecule has 7 heteroatoms. The molecule has 1 aromatic carbocycles. The molecule has 2 aromatic rings. The van der Waals surface area contributed by atoms with E-state index in [4.69, 9.17) is 0 Å². The van der Waals surface area contributed by atoms with Crippen LogP contribution in [0.3, 0.4) is 0 Å². The molecule has 0 spiro atoms. The molecule has 1 fully saturated rings. The molecule has 1 aliphatic rings. The second kappa shape index (κ2) is 8.81. The predicted octanol–water partition coefficient (Wildman–Crippen LogP) is 2.96. The minimum Gasteiger partial charge on any atom is -0.369 e. The third-order valence-corrected chi connectivity index (χ3v) is 4.53. The highest BCUT2D eigenvalue weighted by atomic mass is 16.1. The van der Waals surface area contributed by atoms with E-state index in [1.165, 1.54) is 5.69 Å². The summed E-state index contributed by atoms with van der Waals surface area (Å²) in [6.45, 7) is 8.31. The Balaban J connectivity index is 1.55. The number of nitrogens with one attached hydrogen (secondary N) is 2. The van der Waals surface area contributed by atoms with Crippen molar-refractivity contribution in [2.24, 2.45) is 5.92 Å². The maximum Gasteiger partial charge on any atom is 0.225 e. The van der Waals surface area contributed by atoms with Crippen LogP contribution in [0, 0.1) is 5.92 Å². The van der Waals surface area contributed by atoms with Crippen molar-refractivity contribution < 1.29 is 4.79 Å². The monoisotopic (exact) mass is 368 g/mol. The Hall–Kier alpha value is -2.67. The number of piperazine rings is 1. The molecule has 3 rings (SSSR count). The fraction of sp³-hybridized carbons (Fsp3) is 0.450. The van der Waals surface area contributed by atoms with Gasteiger partial charge in [0.1, 0.15) is 0 Å². The van der Waals surface area contributed by atoms with Gasteiger partial charge in [-0.25, -0.2) is 0 Å². The number of carbonyl (C=O) groups excluding carboxylic acids is 1. The van der Waals surface area contributed by atoms with Gasteiger partial charge in [-0.1, -0.05) is 13.8 Å². The third-order valence-electron chi connectivity index (χ3n) is 4.53. The van der Waals surface area contributed by atoms with Crippen LogP contribution in [-0.2, 0) is 4.79 Å². The van der Waals surface area contributed by atoms with Gasteiger partial charge in [-0.3, -0.25) is 4.79 Å². The number of anilines is 4. The highest BCUT2D eigenvalue weighted by molar-refractivity contribution is 5.89. The predicted molar refractivity (Wildman–Crippen MR) is 110 cm³/mol. The zero-order valence-corrected chi connectivity index (χ0v) is 16.3. The van der Waals surface area contributed by atoms with E-state index in [2.05, 4.69) is 49.8 Å². The highest BCUT2D eigenvalue weighted by Crippen LogP contribution is 2.21. The van der Waals surface area contributed by atoms with Crippen LogP contribution in [0.2, 0.25) is 0 Å². The summed E-state index contributed by atoms with van der Waals surface area (Å²) < 4.78 is 0. The van der Waals surface area contributed by atoms with Crippen molar-refractivity contribution in [3.05, 3.63) is 36.4 Å². The van der Waals surface area contributed by atoms with Gasteiger partial charge in [0.25, 0.3) is 0 Å². The summed E-state index contributed by atoms with van der Waals surface area (Å²) in [6, 6.07) is 11.9. The first-order valence-corrected chi connectivity index (χ1v) is 9.44. The zero-order valence-electron chi connectivity index (χ0n) is 16.3. The van der Waals surface area contributed by atoms with Gasteiger partial charge in [-0.15, -0.1) is 10.2 Å². The molecule has 0 saturated carbocycles. The molecular formula is C20H28N6O. The van der Waals surface area contributed by atoms with Gasteiger partial charge in [-0.2, -0.15) is 0 Å². The number of amides is 1. The molecule has 27 heavy (non-hydrogen) atoms. The van der Waals surface area contributed by atoms with Crippen LogP contribution in [0.15, 0.2) is 36.4 Å². The van der Waals surface area contributed by atoms with Gasteiger partial charge in [-0.05, 0) is 49.4 Å². The lowest BCUT2D eigenvalue weighted by atomic mass is 10.1. The average Bonchev–Trinajstić information content (AvgIpc) is 2.64. The van der Waals surface area contributed by atoms with Crippen LogP contribution < -0.4 is 15.5 Å². The number of hydrogen-bond acceptors (Lipinski definition) is 6. The molecule has 1 amide bonds. The summed E-state index contributed by atoms with van der Waals surface area (Å²) in [5, 5.41) is 14.2. The number of aromatic nitrogens is 2. The smallest absolute Gasteiger partial charge is 0.225 e. The van der Waals surface area contributed by atoms with Gasteiger partial charge in [0.15, 0.2) is 11.6 Å². The summed E-state index contributed by atoms with van der Waals surface area (Å²) in [5.41, 5.74) is 2.20. The quantitative estimate of drug-likeness (QED) is 0.817. The van der Waals surface area contributed by atoms with Crippen molar-refractivity contribution in [1.29, 1.82) is 0 Å². The second-order valence-electron chi connectivity index (χ2n) is 7.41. The highest BCUT2D eigenvalue weighted by Gasteiger charge is 2.14. The first kappa shape index (κ1) is 19.1.